The first kappa shape index (κ1) is 18.5. The Morgan fingerprint density at radius 2 is 1.39 bits per heavy atom. The predicted octanol–water partition coefficient (Wildman–Crippen LogP) is 3.94. The zero-order valence-electron chi connectivity index (χ0n) is 14.8. The third-order valence-electron chi connectivity index (χ3n) is 4.60. The summed E-state index contributed by atoms with van der Waals surface area (Å²) < 4.78 is 25.9. The van der Waals surface area contributed by atoms with E-state index in [2.05, 4.69) is 5.32 Å². The molecule has 3 aromatic rings. The number of nitrogens with zero attached hydrogens (tertiary/aromatic N) is 1. The lowest BCUT2D eigenvalue weighted by Crippen LogP contribution is -2.37. The fourth-order valence-corrected chi connectivity index (χ4v) is 5.02. The molecule has 1 aliphatic rings. The minimum absolute atomic E-state index is 0.0110. The number of hydrogen-bond acceptors (Lipinski definition) is 4. The molecule has 0 saturated carbocycles. The van der Waals surface area contributed by atoms with Crippen LogP contribution in [0.2, 0.25) is 5.02 Å². The van der Waals surface area contributed by atoms with Gasteiger partial charge in [-0.2, -0.15) is 0 Å². The lowest BCUT2D eigenvalue weighted by Gasteiger charge is -2.32. The molecule has 0 aromatic heterocycles. The van der Waals surface area contributed by atoms with Crippen LogP contribution in [0.15, 0.2) is 82.6 Å². The smallest absolute Gasteiger partial charge is 0.240 e. The van der Waals surface area contributed by atoms with Crippen molar-refractivity contribution in [3.05, 3.63) is 83.4 Å². The number of anilines is 2. The number of amides is 1. The van der Waals surface area contributed by atoms with Gasteiger partial charge in [-0.3, -0.25) is 4.79 Å². The highest BCUT2D eigenvalue weighted by Gasteiger charge is 2.34. The van der Waals surface area contributed by atoms with E-state index < -0.39 is 9.84 Å². The monoisotopic (exact) mass is 412 g/mol. The van der Waals surface area contributed by atoms with Gasteiger partial charge in [0.25, 0.3) is 0 Å². The van der Waals surface area contributed by atoms with Crippen LogP contribution < -0.4 is 10.2 Å². The summed E-state index contributed by atoms with van der Waals surface area (Å²) in [5.74, 6) is -0.209. The molecule has 0 aliphatic carbocycles. The molecule has 0 radical (unpaired) electrons. The summed E-state index contributed by atoms with van der Waals surface area (Å²) in [7, 11) is -3.62. The number of rotatable bonds is 4. The maximum Gasteiger partial charge on any atom is 0.240 e. The van der Waals surface area contributed by atoms with Gasteiger partial charge >= 0.3 is 0 Å². The summed E-state index contributed by atoms with van der Waals surface area (Å²) in [6, 6.07) is 20.7. The van der Waals surface area contributed by atoms with Gasteiger partial charge < -0.3 is 10.2 Å². The lowest BCUT2D eigenvalue weighted by molar-refractivity contribution is -0.119. The van der Waals surface area contributed by atoms with Crippen molar-refractivity contribution in [3.8, 4) is 0 Å². The molecule has 0 fully saturated rings. The molecule has 142 valence electrons. The normalized spacial score (nSPS) is 14.1. The number of para-hydroxylation sites is 2. The molecule has 1 aliphatic heterocycles. The second-order valence-electron chi connectivity index (χ2n) is 6.43. The molecule has 1 heterocycles. The van der Waals surface area contributed by atoms with Crippen molar-refractivity contribution >= 4 is 38.7 Å². The zero-order valence-corrected chi connectivity index (χ0v) is 16.4. The van der Waals surface area contributed by atoms with Gasteiger partial charge in [0.05, 0.1) is 21.2 Å². The summed E-state index contributed by atoms with van der Waals surface area (Å²) in [6.45, 7) is 0.378. The molecule has 28 heavy (non-hydrogen) atoms. The van der Waals surface area contributed by atoms with Gasteiger partial charge in [0.1, 0.15) is 6.54 Å². The predicted molar refractivity (Wildman–Crippen MR) is 109 cm³/mol. The number of carbonyl (C=O) groups excluding carboxylic acids is 1. The van der Waals surface area contributed by atoms with Gasteiger partial charge in [0, 0.05) is 11.6 Å². The highest BCUT2D eigenvalue weighted by atomic mass is 35.5. The summed E-state index contributed by atoms with van der Waals surface area (Å²) in [5.41, 5.74) is 1.94. The van der Waals surface area contributed by atoms with E-state index in [9.17, 15) is 13.2 Å². The number of sulfone groups is 1. The van der Waals surface area contributed by atoms with Crippen LogP contribution in [-0.4, -0.2) is 20.9 Å². The largest absolute Gasteiger partial charge is 0.350 e. The van der Waals surface area contributed by atoms with Crippen LogP contribution >= 0.6 is 11.6 Å². The number of carbonyl (C=O) groups is 1. The number of hydrogen-bond donors (Lipinski definition) is 1. The van der Waals surface area contributed by atoms with Gasteiger partial charge in [-0.1, -0.05) is 48.0 Å². The minimum atomic E-state index is -3.62. The van der Waals surface area contributed by atoms with E-state index in [0.29, 0.717) is 22.9 Å². The first-order valence-electron chi connectivity index (χ1n) is 8.68. The van der Waals surface area contributed by atoms with Crippen molar-refractivity contribution in [2.75, 3.05) is 11.4 Å². The molecule has 5 nitrogen and oxygen atoms in total. The van der Waals surface area contributed by atoms with Gasteiger partial charge in [-0.05, 0) is 42.0 Å². The van der Waals surface area contributed by atoms with E-state index in [1.165, 1.54) is 0 Å². The SMILES string of the molecule is O=C(CN1c2ccccc2S(=O)(=O)c2ccccc21)NCc1ccc(Cl)cc1. The molecular weight excluding hydrogens is 396 g/mol. The number of nitrogens with one attached hydrogen (secondary N) is 1. The first-order chi connectivity index (χ1) is 13.5. The average molecular weight is 413 g/mol. The number of fused-ring (bicyclic) bond motifs is 2. The molecule has 3 aromatic carbocycles. The van der Waals surface area contributed by atoms with Gasteiger partial charge in [0.2, 0.25) is 15.7 Å². The second-order valence-corrected chi connectivity index (χ2v) is 8.75. The molecule has 1 N–H and O–H groups in total. The third-order valence-corrected chi connectivity index (χ3v) is 6.70. The quantitative estimate of drug-likeness (QED) is 0.704. The van der Waals surface area contributed by atoms with Crippen LogP contribution in [0.4, 0.5) is 11.4 Å². The molecular formula is C21H17ClN2O3S. The highest BCUT2D eigenvalue weighted by Crippen LogP contribution is 2.43. The van der Waals surface area contributed by atoms with Crippen LogP contribution in [0.1, 0.15) is 5.56 Å². The van der Waals surface area contributed by atoms with Gasteiger partial charge in [-0.15, -0.1) is 0 Å². The van der Waals surface area contributed by atoms with Crippen LogP contribution in [0.5, 0.6) is 0 Å². The van der Waals surface area contributed by atoms with Crippen LogP contribution in [-0.2, 0) is 21.2 Å². The highest BCUT2D eigenvalue weighted by molar-refractivity contribution is 7.92. The van der Waals surface area contributed by atoms with Crippen molar-refractivity contribution in [2.24, 2.45) is 0 Å². The van der Waals surface area contributed by atoms with E-state index in [1.807, 2.05) is 12.1 Å². The fourth-order valence-electron chi connectivity index (χ4n) is 3.24. The second kappa shape index (κ2) is 7.30. The fraction of sp³-hybridized carbons (Fsp3) is 0.0952. The van der Waals surface area contributed by atoms with Crippen molar-refractivity contribution in [3.63, 3.8) is 0 Å². The van der Waals surface area contributed by atoms with E-state index in [-0.39, 0.29) is 22.2 Å². The molecule has 4 rings (SSSR count). The summed E-state index contributed by atoms with van der Waals surface area (Å²) in [6.07, 6.45) is 0. The Morgan fingerprint density at radius 1 is 0.857 bits per heavy atom. The molecule has 0 saturated heterocycles. The summed E-state index contributed by atoms with van der Waals surface area (Å²) >= 11 is 5.88. The molecule has 0 bridgehead atoms. The van der Waals surface area contributed by atoms with Crippen LogP contribution in [0, 0.1) is 0 Å². The maximum atomic E-state index is 12.9. The Labute approximate surface area is 168 Å². The minimum Gasteiger partial charge on any atom is -0.350 e. The standard InChI is InChI=1S/C21H17ClN2O3S/c22-16-11-9-15(10-12-16)13-23-21(25)14-24-17-5-1-3-7-19(17)28(26,27)20-8-4-2-6-18(20)24/h1-12H,13-14H2,(H,23,25). The van der Waals surface area contributed by atoms with E-state index in [4.69, 9.17) is 11.6 Å². The molecule has 1 amide bonds. The lowest BCUT2D eigenvalue weighted by atomic mass is 10.2. The third kappa shape index (κ3) is 3.37. The Morgan fingerprint density at radius 3 is 1.96 bits per heavy atom. The van der Waals surface area contributed by atoms with Gasteiger partial charge in [0.15, 0.2) is 0 Å². The van der Waals surface area contributed by atoms with Crippen molar-refractivity contribution in [2.45, 2.75) is 16.3 Å². The summed E-state index contributed by atoms with van der Waals surface area (Å²) in [4.78, 5) is 14.8. The Hall–Kier alpha value is -2.83. The molecule has 7 heteroatoms. The van der Waals surface area contributed by atoms with Crippen LogP contribution in [0.3, 0.4) is 0 Å². The Bertz CT molecular complexity index is 1090. The van der Waals surface area contributed by atoms with Crippen LogP contribution in [0.25, 0.3) is 0 Å². The molecule has 0 unspecified atom stereocenters. The maximum absolute atomic E-state index is 12.9. The number of halogens is 1. The van der Waals surface area contributed by atoms with E-state index >= 15 is 0 Å². The van der Waals surface area contributed by atoms with E-state index in [1.54, 1.807) is 65.6 Å². The van der Waals surface area contributed by atoms with Gasteiger partial charge in [-0.25, -0.2) is 8.42 Å². The molecule has 0 spiro atoms. The summed E-state index contributed by atoms with van der Waals surface area (Å²) in [5, 5.41) is 3.51. The first-order valence-corrected chi connectivity index (χ1v) is 10.5. The van der Waals surface area contributed by atoms with Crippen molar-refractivity contribution in [1.82, 2.24) is 5.32 Å². The molecule has 0 atom stereocenters. The van der Waals surface area contributed by atoms with Crippen molar-refractivity contribution in [1.29, 1.82) is 0 Å². The Kier molecular flexibility index (Phi) is 4.83. The zero-order chi connectivity index (χ0) is 19.7. The van der Waals surface area contributed by atoms with Crippen molar-refractivity contribution < 1.29 is 13.2 Å². The van der Waals surface area contributed by atoms with E-state index in [0.717, 1.165) is 5.56 Å². The Balaban J connectivity index is 1.61. The number of benzene rings is 3. The average Bonchev–Trinajstić information content (AvgIpc) is 2.71. The topological polar surface area (TPSA) is 66.5 Å².